The van der Waals surface area contributed by atoms with Crippen LogP contribution in [0.3, 0.4) is 0 Å². The van der Waals surface area contributed by atoms with E-state index in [1.807, 2.05) is 243 Å². The number of fused-ring (bicyclic) bond motifs is 3. The smallest absolute Gasteiger partial charge is 0.164 e. The Labute approximate surface area is 799 Å². The Balaban J connectivity index is 0.000000124. The third kappa shape index (κ3) is 18.5. The Kier molecular flexibility index (Phi) is 24.4. The van der Waals surface area contributed by atoms with Gasteiger partial charge in [-0.15, -0.1) is 0 Å². The third-order valence-corrected chi connectivity index (χ3v) is 24.6. The predicted octanol–water partition coefficient (Wildman–Crippen LogP) is 31.0. The number of hydrogen-bond donors (Lipinski definition) is 0. The Hall–Kier alpha value is -19.3. The summed E-state index contributed by atoms with van der Waals surface area (Å²) in [5.74, 6) is 5.70. The van der Waals surface area contributed by atoms with Gasteiger partial charge in [0.1, 0.15) is 0 Å². The molecule has 0 aliphatic heterocycles. The van der Waals surface area contributed by atoms with Crippen molar-refractivity contribution in [3.63, 3.8) is 0 Å². The van der Waals surface area contributed by atoms with E-state index in [4.69, 9.17) is 44.9 Å². The maximum Gasteiger partial charge on any atom is 0.164 e. The molecule has 0 aliphatic carbocycles. The second-order valence-corrected chi connectivity index (χ2v) is 33.2. The second kappa shape index (κ2) is 39.4. The SMILES string of the molecule is N#Cc1ccc(-c2ccc(-c3ccc(-c4nc(-c5ccccc5)nc(-c5ccc(-c6ccccc6)cc5)n4)cc3)c3ccccc23)cc1.N#Cc1ccc(-c2ccc3ccccc3c2-c2ccc(-c3nc(-c4ccccc4)nc(-c4ccccc4)n3)cc2)cc1.N#Cc1cccc(-c2cccc(-c3ccc4ccccc4c3-c3ccc(-c4nc(-c5ccccc5)nc(-c5ccccc5)n4)cc3)c2)c1. The van der Waals surface area contributed by atoms with Crippen LogP contribution in [0.5, 0.6) is 0 Å². The fourth-order valence-electron chi connectivity index (χ4n) is 17.6. The third-order valence-electron chi connectivity index (χ3n) is 24.6. The molecule has 0 unspecified atom stereocenters. The molecule has 3 heterocycles. The van der Waals surface area contributed by atoms with Crippen LogP contribution in [-0.4, -0.2) is 44.9 Å². The molecule has 0 bridgehead atoms. The molecule has 0 N–H and O–H groups in total. The molecule has 0 amide bonds. The lowest BCUT2D eigenvalue weighted by atomic mass is 9.88. The zero-order valence-corrected chi connectivity index (χ0v) is 74.6. The molecule has 23 aromatic rings. The number of nitriles is 3. The largest absolute Gasteiger partial charge is 0.208 e. The van der Waals surface area contributed by atoms with E-state index in [1.165, 1.54) is 32.5 Å². The van der Waals surface area contributed by atoms with Crippen molar-refractivity contribution in [2.75, 3.05) is 0 Å². The maximum absolute atomic E-state index is 9.47. The highest BCUT2D eigenvalue weighted by atomic mass is 15.1. The first kappa shape index (κ1) is 85.5. The maximum atomic E-state index is 9.47. The summed E-state index contributed by atoms with van der Waals surface area (Å²) in [7, 11) is 0. The molecule has 0 spiro atoms. The van der Waals surface area contributed by atoms with Crippen LogP contribution in [0.15, 0.2) is 485 Å². The summed E-state index contributed by atoms with van der Waals surface area (Å²) < 4.78 is 0. The normalized spacial score (nSPS) is 10.9. The van der Waals surface area contributed by atoms with E-state index in [2.05, 4.69) is 261 Å². The minimum absolute atomic E-state index is 0.624. The Morgan fingerprint density at radius 2 is 0.348 bits per heavy atom. The van der Waals surface area contributed by atoms with Crippen molar-refractivity contribution in [3.8, 4) is 210 Å². The van der Waals surface area contributed by atoms with Crippen molar-refractivity contribution in [2.24, 2.45) is 0 Å². The van der Waals surface area contributed by atoms with E-state index in [9.17, 15) is 15.8 Å². The van der Waals surface area contributed by atoms with Crippen molar-refractivity contribution in [1.29, 1.82) is 15.8 Å². The molecule has 3 aromatic heterocycles. The van der Waals surface area contributed by atoms with Gasteiger partial charge in [-0.3, -0.25) is 0 Å². The van der Waals surface area contributed by atoms with E-state index in [-0.39, 0.29) is 0 Å². The van der Waals surface area contributed by atoms with Crippen LogP contribution in [-0.2, 0) is 0 Å². The quantitative estimate of drug-likeness (QED) is 0.0840. The Bertz CT molecular complexity index is 8390. The molecule has 644 valence electrons. The highest BCUT2D eigenvalue weighted by molar-refractivity contribution is 6.08. The van der Waals surface area contributed by atoms with E-state index in [0.717, 1.165) is 139 Å². The fourth-order valence-corrected chi connectivity index (χ4v) is 17.6. The van der Waals surface area contributed by atoms with Gasteiger partial charge in [0.25, 0.3) is 0 Å². The molecular weight excluding hydrogens is 1680 g/mol. The molecule has 20 aromatic carbocycles. The molecule has 12 heteroatoms. The molecule has 0 fully saturated rings. The van der Waals surface area contributed by atoms with Crippen LogP contribution in [0.1, 0.15) is 16.7 Å². The zero-order valence-electron chi connectivity index (χ0n) is 74.6. The van der Waals surface area contributed by atoms with Crippen molar-refractivity contribution in [1.82, 2.24) is 44.9 Å². The molecule has 138 heavy (non-hydrogen) atoms. The average Bonchev–Trinajstić information content (AvgIpc) is 0.769. The average molecular weight is 1760 g/mol. The van der Waals surface area contributed by atoms with E-state index in [0.29, 0.717) is 69.1 Å². The minimum Gasteiger partial charge on any atom is -0.208 e. The molecule has 23 rings (SSSR count). The van der Waals surface area contributed by atoms with Gasteiger partial charge in [0.15, 0.2) is 52.4 Å². The standard InChI is InChI=1S/2C44H28N4.C38H24N4/c45-29-30-11-9-17-36(27-30)37-18-10-19-38(28-37)40-26-25-31-12-7-8-20-39(31)41(40)32-21-23-35(24-22-32)44-47-42(33-13-3-1-4-14-33)46-43(48-44)34-15-5-2-6-16-34;45-29-30-15-17-33(18-16-30)38-27-28-39(41-14-8-7-13-40(38)41)34-21-25-37(26-22-34)44-47-42(35-11-5-2-6-12-35)46-43(48-44)36-23-19-32(20-24-36)31-9-3-1-4-10-31;39-25-26-15-17-28(18-16-26)34-24-23-27-9-7-8-14-33(27)35(34)29-19-21-32(22-20-29)38-41-36(30-10-3-1-4-11-30)40-37(42-38)31-12-5-2-6-13-31/h2*1-28H;1-24H. The molecule has 0 saturated heterocycles. The molecule has 12 nitrogen and oxygen atoms in total. The summed E-state index contributed by atoms with van der Waals surface area (Å²) in [6.45, 7) is 0. The van der Waals surface area contributed by atoms with Gasteiger partial charge in [0.05, 0.1) is 34.9 Å². The minimum atomic E-state index is 0.624. The predicted molar refractivity (Wildman–Crippen MR) is 559 cm³/mol. The lowest BCUT2D eigenvalue weighted by molar-refractivity contribution is 1.07. The summed E-state index contributed by atoms with van der Waals surface area (Å²) in [5, 5.41) is 35.0. The second-order valence-electron chi connectivity index (χ2n) is 33.2. The van der Waals surface area contributed by atoms with Crippen LogP contribution in [0.4, 0.5) is 0 Å². The lowest BCUT2D eigenvalue weighted by Gasteiger charge is -2.16. The van der Waals surface area contributed by atoms with Gasteiger partial charge in [-0.1, -0.05) is 443 Å². The monoisotopic (exact) mass is 1760 g/mol. The first-order valence-electron chi connectivity index (χ1n) is 45.4. The van der Waals surface area contributed by atoms with Crippen molar-refractivity contribution >= 4 is 32.3 Å². The molecule has 0 aliphatic rings. The highest BCUT2D eigenvalue weighted by Crippen LogP contribution is 2.44. The van der Waals surface area contributed by atoms with Crippen molar-refractivity contribution < 1.29 is 0 Å². The number of rotatable bonds is 17. The van der Waals surface area contributed by atoms with Gasteiger partial charge in [0, 0.05) is 50.1 Å². The van der Waals surface area contributed by atoms with Crippen LogP contribution in [0, 0.1) is 34.0 Å². The zero-order chi connectivity index (χ0) is 92.9. The molecular formula is C126H80N12. The van der Waals surface area contributed by atoms with Gasteiger partial charge < -0.3 is 0 Å². The van der Waals surface area contributed by atoms with E-state index in [1.54, 1.807) is 0 Å². The molecule has 0 radical (unpaired) electrons. The van der Waals surface area contributed by atoms with Crippen LogP contribution in [0.2, 0.25) is 0 Å². The Morgan fingerprint density at radius 1 is 0.130 bits per heavy atom. The van der Waals surface area contributed by atoms with Gasteiger partial charge in [0.2, 0.25) is 0 Å². The summed E-state index contributed by atoms with van der Waals surface area (Å²) >= 11 is 0. The Morgan fingerprint density at radius 3 is 0.681 bits per heavy atom. The van der Waals surface area contributed by atoms with Crippen LogP contribution >= 0.6 is 0 Å². The highest BCUT2D eigenvalue weighted by Gasteiger charge is 2.22. The number of aromatic nitrogens is 9. The van der Waals surface area contributed by atoms with E-state index >= 15 is 0 Å². The lowest BCUT2D eigenvalue weighted by Crippen LogP contribution is -2.00. The van der Waals surface area contributed by atoms with Crippen LogP contribution < -0.4 is 0 Å². The first-order valence-corrected chi connectivity index (χ1v) is 45.4. The summed E-state index contributed by atoms with van der Waals surface area (Å²) in [6, 6.07) is 171. The van der Waals surface area contributed by atoms with Gasteiger partial charge in [-0.05, 0) is 164 Å². The first-order chi connectivity index (χ1) is 68.2. The number of nitrogens with zero attached hydrogens (tertiary/aromatic N) is 12. The number of hydrogen-bond acceptors (Lipinski definition) is 12. The van der Waals surface area contributed by atoms with Gasteiger partial charge in [-0.25, -0.2) is 44.9 Å². The molecule has 0 atom stereocenters. The van der Waals surface area contributed by atoms with E-state index < -0.39 is 0 Å². The topological polar surface area (TPSA) is 187 Å². The van der Waals surface area contributed by atoms with Gasteiger partial charge >= 0.3 is 0 Å². The summed E-state index contributed by atoms with van der Waals surface area (Å²) in [4.78, 5) is 44.1. The van der Waals surface area contributed by atoms with Crippen LogP contribution in [0.25, 0.3) is 224 Å². The van der Waals surface area contributed by atoms with Crippen molar-refractivity contribution in [3.05, 3.63) is 502 Å². The van der Waals surface area contributed by atoms with Gasteiger partial charge in [-0.2, -0.15) is 15.8 Å². The summed E-state index contributed by atoms with van der Waals surface area (Å²) in [5.41, 5.74) is 28.1. The number of benzene rings is 20. The summed E-state index contributed by atoms with van der Waals surface area (Å²) in [6.07, 6.45) is 0. The van der Waals surface area contributed by atoms with Crippen molar-refractivity contribution in [2.45, 2.75) is 0 Å². The molecule has 0 saturated carbocycles. The fraction of sp³-hybridized carbons (Fsp3) is 0.